The number of aliphatic carboxylic acids is 1. The number of aromatic nitrogens is 2. The fraction of sp³-hybridized carbons (Fsp3) is 0.389. The van der Waals surface area contributed by atoms with Crippen molar-refractivity contribution in [2.45, 2.75) is 39.7 Å². The van der Waals surface area contributed by atoms with Gasteiger partial charge in [0.2, 0.25) is 0 Å². The van der Waals surface area contributed by atoms with Gasteiger partial charge in [0.1, 0.15) is 0 Å². The van der Waals surface area contributed by atoms with Crippen molar-refractivity contribution in [1.29, 1.82) is 0 Å². The average molecular weight is 329 g/mol. The number of carbonyl (C=O) groups is 2. The van der Waals surface area contributed by atoms with E-state index < -0.39 is 5.97 Å². The highest BCUT2D eigenvalue weighted by atomic mass is 16.4. The van der Waals surface area contributed by atoms with Crippen LogP contribution in [0.1, 0.15) is 46.6 Å². The number of carboxylic acids is 1. The molecule has 0 aliphatic heterocycles. The third-order valence-electron chi connectivity index (χ3n) is 3.73. The highest BCUT2D eigenvalue weighted by molar-refractivity contribution is 5.94. The maximum absolute atomic E-state index is 12.2. The molecule has 128 valence electrons. The van der Waals surface area contributed by atoms with Gasteiger partial charge < -0.3 is 10.4 Å². The minimum atomic E-state index is -0.807. The lowest BCUT2D eigenvalue weighted by Crippen LogP contribution is -2.24. The molecule has 0 aliphatic rings. The summed E-state index contributed by atoms with van der Waals surface area (Å²) < 4.78 is 1.91. The van der Waals surface area contributed by atoms with E-state index in [1.807, 2.05) is 42.8 Å². The van der Waals surface area contributed by atoms with Crippen LogP contribution < -0.4 is 5.32 Å². The molecule has 24 heavy (non-hydrogen) atoms. The second-order valence-electron chi connectivity index (χ2n) is 5.89. The predicted octanol–water partition coefficient (Wildman–Crippen LogP) is 2.53. The molecule has 0 bridgehead atoms. The zero-order valence-electron chi connectivity index (χ0n) is 14.1. The summed E-state index contributed by atoms with van der Waals surface area (Å²) in [5, 5.41) is 15.8. The van der Waals surface area contributed by atoms with Crippen molar-refractivity contribution in [3.63, 3.8) is 0 Å². The number of unbranched alkanes of at least 4 members (excludes halogenated alkanes) is 1. The third kappa shape index (κ3) is 5.22. The zero-order valence-corrected chi connectivity index (χ0v) is 14.1. The van der Waals surface area contributed by atoms with Crippen molar-refractivity contribution < 1.29 is 14.7 Å². The van der Waals surface area contributed by atoms with Gasteiger partial charge in [0.15, 0.2) is 0 Å². The third-order valence-corrected chi connectivity index (χ3v) is 3.73. The van der Waals surface area contributed by atoms with Crippen LogP contribution >= 0.6 is 0 Å². The molecule has 0 aliphatic carbocycles. The summed E-state index contributed by atoms with van der Waals surface area (Å²) in [6.07, 6.45) is 1.35. The Morgan fingerprint density at radius 1 is 1.21 bits per heavy atom. The van der Waals surface area contributed by atoms with Gasteiger partial charge >= 0.3 is 5.97 Å². The van der Waals surface area contributed by atoms with Gasteiger partial charge in [-0.1, -0.05) is 12.1 Å². The number of carboxylic acid groups (broad SMARTS) is 1. The quantitative estimate of drug-likeness (QED) is 0.729. The smallest absolute Gasteiger partial charge is 0.303 e. The van der Waals surface area contributed by atoms with Crippen LogP contribution in [0.2, 0.25) is 0 Å². The van der Waals surface area contributed by atoms with Crippen molar-refractivity contribution in [3.8, 4) is 0 Å². The Bertz CT molecular complexity index is 722. The van der Waals surface area contributed by atoms with Crippen molar-refractivity contribution in [3.05, 3.63) is 52.8 Å². The van der Waals surface area contributed by atoms with Crippen LogP contribution in [0.3, 0.4) is 0 Å². The number of amides is 1. The summed E-state index contributed by atoms with van der Waals surface area (Å²) in [6.45, 7) is 5.07. The van der Waals surface area contributed by atoms with Crippen LogP contribution in [0.25, 0.3) is 0 Å². The molecule has 1 amide bonds. The number of hydrogen-bond donors (Lipinski definition) is 2. The van der Waals surface area contributed by atoms with Crippen LogP contribution in [-0.4, -0.2) is 33.3 Å². The summed E-state index contributed by atoms with van der Waals surface area (Å²) >= 11 is 0. The number of carbonyl (C=O) groups excluding carboxylic acids is 1. The van der Waals surface area contributed by atoms with Gasteiger partial charge in [-0.3, -0.25) is 14.3 Å². The monoisotopic (exact) mass is 329 g/mol. The van der Waals surface area contributed by atoms with Gasteiger partial charge in [-0.05, 0) is 50.5 Å². The first kappa shape index (κ1) is 17.7. The van der Waals surface area contributed by atoms with E-state index in [-0.39, 0.29) is 12.3 Å². The molecule has 2 N–H and O–H groups in total. The molecule has 2 aromatic rings. The molecule has 0 fully saturated rings. The lowest BCUT2D eigenvalue weighted by molar-refractivity contribution is -0.137. The standard InChI is InChI=1S/C18H23N3O3/c1-13-10-14(2)21(20-13)12-15-6-5-7-16(11-15)18(24)19-9-4-3-8-17(22)23/h5-7,10-11H,3-4,8-9,12H2,1-2H3,(H,19,24)(H,22,23). The van der Waals surface area contributed by atoms with Gasteiger partial charge in [0, 0.05) is 24.2 Å². The lowest BCUT2D eigenvalue weighted by Gasteiger charge is -2.08. The fourth-order valence-electron chi connectivity index (χ4n) is 2.52. The number of hydrogen-bond acceptors (Lipinski definition) is 3. The molecule has 0 saturated carbocycles. The van der Waals surface area contributed by atoms with Crippen molar-refractivity contribution in [2.75, 3.05) is 6.54 Å². The second kappa shape index (κ2) is 8.29. The fourth-order valence-corrected chi connectivity index (χ4v) is 2.52. The highest BCUT2D eigenvalue weighted by Crippen LogP contribution is 2.10. The molecule has 2 rings (SSSR count). The van der Waals surface area contributed by atoms with E-state index in [1.54, 1.807) is 6.07 Å². The first-order valence-corrected chi connectivity index (χ1v) is 8.05. The van der Waals surface area contributed by atoms with E-state index in [0.29, 0.717) is 31.5 Å². The molecule has 0 spiro atoms. The largest absolute Gasteiger partial charge is 0.481 e. The van der Waals surface area contributed by atoms with Crippen molar-refractivity contribution in [2.24, 2.45) is 0 Å². The van der Waals surface area contributed by atoms with Gasteiger partial charge in [0.25, 0.3) is 5.91 Å². The molecule has 1 aromatic heterocycles. The second-order valence-corrected chi connectivity index (χ2v) is 5.89. The number of aryl methyl sites for hydroxylation is 2. The Morgan fingerprint density at radius 3 is 2.67 bits per heavy atom. The maximum Gasteiger partial charge on any atom is 0.303 e. The Balaban J connectivity index is 1.90. The number of nitrogens with zero attached hydrogens (tertiary/aromatic N) is 2. The summed E-state index contributed by atoms with van der Waals surface area (Å²) in [5.74, 6) is -0.946. The minimum absolute atomic E-state index is 0.133. The molecule has 1 aromatic carbocycles. The SMILES string of the molecule is Cc1cc(C)n(Cc2cccc(C(=O)NCCCCC(=O)O)c2)n1. The first-order valence-electron chi connectivity index (χ1n) is 8.05. The van der Waals surface area contributed by atoms with Crippen molar-refractivity contribution >= 4 is 11.9 Å². The Kier molecular flexibility index (Phi) is 6.12. The van der Waals surface area contributed by atoms with E-state index >= 15 is 0 Å². The Labute approximate surface area is 141 Å². The van der Waals surface area contributed by atoms with E-state index in [1.165, 1.54) is 0 Å². The summed E-state index contributed by atoms with van der Waals surface area (Å²) in [7, 11) is 0. The van der Waals surface area contributed by atoms with E-state index in [4.69, 9.17) is 5.11 Å². The number of rotatable bonds is 8. The van der Waals surface area contributed by atoms with Crippen molar-refractivity contribution in [1.82, 2.24) is 15.1 Å². The predicted molar refractivity (Wildman–Crippen MR) is 91.1 cm³/mol. The average Bonchev–Trinajstić information content (AvgIpc) is 2.84. The van der Waals surface area contributed by atoms with Crippen LogP contribution in [-0.2, 0) is 11.3 Å². The normalized spacial score (nSPS) is 10.6. The molecule has 0 unspecified atom stereocenters. The van der Waals surface area contributed by atoms with Gasteiger partial charge in [-0.15, -0.1) is 0 Å². The van der Waals surface area contributed by atoms with Crippen LogP contribution in [0.5, 0.6) is 0 Å². The molecule has 1 heterocycles. The zero-order chi connectivity index (χ0) is 17.5. The maximum atomic E-state index is 12.2. The molecule has 0 radical (unpaired) electrons. The molecular weight excluding hydrogens is 306 g/mol. The Hall–Kier alpha value is -2.63. The molecular formula is C18H23N3O3. The van der Waals surface area contributed by atoms with E-state index in [2.05, 4.69) is 10.4 Å². The summed E-state index contributed by atoms with van der Waals surface area (Å²) in [4.78, 5) is 22.6. The van der Waals surface area contributed by atoms with Crippen LogP contribution in [0.4, 0.5) is 0 Å². The van der Waals surface area contributed by atoms with E-state index in [0.717, 1.165) is 17.0 Å². The number of nitrogens with one attached hydrogen (secondary N) is 1. The van der Waals surface area contributed by atoms with Gasteiger partial charge in [-0.25, -0.2) is 0 Å². The molecule has 0 atom stereocenters. The molecule has 6 heteroatoms. The van der Waals surface area contributed by atoms with Crippen LogP contribution in [0.15, 0.2) is 30.3 Å². The lowest BCUT2D eigenvalue weighted by atomic mass is 10.1. The van der Waals surface area contributed by atoms with Crippen LogP contribution in [0, 0.1) is 13.8 Å². The van der Waals surface area contributed by atoms with Gasteiger partial charge in [-0.2, -0.15) is 5.10 Å². The first-order chi connectivity index (χ1) is 11.5. The minimum Gasteiger partial charge on any atom is -0.481 e. The Morgan fingerprint density at radius 2 is 2.00 bits per heavy atom. The highest BCUT2D eigenvalue weighted by Gasteiger charge is 2.07. The van der Waals surface area contributed by atoms with Gasteiger partial charge in [0.05, 0.1) is 12.2 Å². The van der Waals surface area contributed by atoms with E-state index in [9.17, 15) is 9.59 Å². The summed E-state index contributed by atoms with van der Waals surface area (Å²) in [6, 6.07) is 9.49. The molecule has 0 saturated heterocycles. The number of benzene rings is 1. The summed E-state index contributed by atoms with van der Waals surface area (Å²) in [5.41, 5.74) is 3.68. The molecule has 6 nitrogen and oxygen atoms in total. The topological polar surface area (TPSA) is 84.2 Å².